The molecule has 0 amide bonds. The number of ketones is 1. The highest BCUT2D eigenvalue weighted by Crippen LogP contribution is 2.38. The van der Waals surface area contributed by atoms with Gasteiger partial charge in [0, 0.05) is 25.9 Å². The molecule has 0 spiro atoms. The maximum absolute atomic E-state index is 11.1. The van der Waals surface area contributed by atoms with E-state index in [-0.39, 0.29) is 5.78 Å². The minimum atomic E-state index is 0.0469. The van der Waals surface area contributed by atoms with Gasteiger partial charge in [0.2, 0.25) is 0 Å². The van der Waals surface area contributed by atoms with Gasteiger partial charge in [0.1, 0.15) is 5.69 Å². The number of hydrogen-bond acceptors (Lipinski definition) is 4. The van der Waals surface area contributed by atoms with Gasteiger partial charge >= 0.3 is 0 Å². The van der Waals surface area contributed by atoms with Gasteiger partial charge in [-0.25, -0.2) is 4.98 Å². The summed E-state index contributed by atoms with van der Waals surface area (Å²) in [7, 11) is 2.05. The molecule has 15 heavy (non-hydrogen) atoms. The molecule has 1 aliphatic carbocycles. The Hall–Kier alpha value is -0.900. The zero-order valence-electron chi connectivity index (χ0n) is 9.36. The minimum Gasteiger partial charge on any atom is -0.351 e. The fraction of sp³-hybridized carbons (Fsp3) is 0.636. The zero-order chi connectivity index (χ0) is 11.0. The first-order valence-electron chi connectivity index (χ1n) is 5.25. The fourth-order valence-electron chi connectivity index (χ4n) is 1.68. The van der Waals surface area contributed by atoms with Crippen LogP contribution in [0.25, 0.3) is 0 Å². The molecule has 0 aliphatic heterocycles. The molecule has 2 unspecified atom stereocenters. The van der Waals surface area contributed by atoms with Crippen LogP contribution in [0, 0.1) is 11.8 Å². The van der Waals surface area contributed by atoms with Crippen molar-refractivity contribution >= 4 is 22.3 Å². The van der Waals surface area contributed by atoms with Crippen LogP contribution in [0.4, 0.5) is 5.13 Å². The molecule has 4 heteroatoms. The van der Waals surface area contributed by atoms with Crippen LogP contribution in [0.3, 0.4) is 0 Å². The van der Waals surface area contributed by atoms with Crippen molar-refractivity contribution in [3.8, 4) is 0 Å². The number of rotatable bonds is 4. The molecule has 2 rings (SSSR count). The van der Waals surface area contributed by atoms with Gasteiger partial charge in [0.25, 0.3) is 0 Å². The third-order valence-corrected chi connectivity index (χ3v) is 3.92. The summed E-state index contributed by atoms with van der Waals surface area (Å²) < 4.78 is 0. The van der Waals surface area contributed by atoms with Gasteiger partial charge < -0.3 is 4.90 Å². The first kappa shape index (κ1) is 10.6. The summed E-state index contributed by atoms with van der Waals surface area (Å²) in [4.78, 5) is 17.6. The number of carbonyl (C=O) groups excluding carboxylic acids is 1. The van der Waals surface area contributed by atoms with E-state index in [1.807, 2.05) is 12.4 Å². The van der Waals surface area contributed by atoms with E-state index in [4.69, 9.17) is 0 Å². The number of hydrogen-bond donors (Lipinski definition) is 0. The average Bonchev–Trinajstić information content (AvgIpc) is 2.71. The van der Waals surface area contributed by atoms with E-state index in [9.17, 15) is 4.79 Å². The predicted octanol–water partition coefficient (Wildman–Crippen LogP) is 2.44. The minimum absolute atomic E-state index is 0.0469. The van der Waals surface area contributed by atoms with E-state index >= 15 is 0 Å². The second kappa shape index (κ2) is 3.93. The monoisotopic (exact) mass is 224 g/mol. The van der Waals surface area contributed by atoms with Crippen LogP contribution < -0.4 is 4.90 Å². The van der Waals surface area contributed by atoms with Gasteiger partial charge in [0.05, 0.1) is 0 Å². The van der Waals surface area contributed by atoms with Crippen molar-refractivity contribution in [2.24, 2.45) is 11.8 Å². The van der Waals surface area contributed by atoms with E-state index in [0.717, 1.165) is 23.5 Å². The summed E-state index contributed by atoms with van der Waals surface area (Å²) >= 11 is 1.55. The van der Waals surface area contributed by atoms with Crippen LogP contribution >= 0.6 is 11.3 Å². The quantitative estimate of drug-likeness (QED) is 0.736. The van der Waals surface area contributed by atoms with Gasteiger partial charge in [-0.3, -0.25) is 4.79 Å². The molecule has 0 saturated heterocycles. The van der Waals surface area contributed by atoms with Crippen molar-refractivity contribution in [3.63, 3.8) is 0 Å². The molecule has 1 saturated carbocycles. The standard InChI is InChI=1S/C11H16N2OS/c1-7-4-9(7)5-13(3)11-12-10(6-15-11)8(2)14/h6-7,9H,4-5H2,1-3H3. The lowest BCUT2D eigenvalue weighted by Crippen LogP contribution is -2.20. The van der Waals surface area contributed by atoms with Crippen molar-refractivity contribution < 1.29 is 4.79 Å². The number of thiazole rings is 1. The molecule has 82 valence electrons. The van der Waals surface area contributed by atoms with Crippen molar-refractivity contribution in [1.82, 2.24) is 4.98 Å². The normalized spacial score (nSPS) is 23.9. The summed E-state index contributed by atoms with van der Waals surface area (Å²) in [6, 6.07) is 0. The Kier molecular flexibility index (Phi) is 2.78. The molecule has 0 aromatic carbocycles. The molecule has 2 atom stereocenters. The van der Waals surface area contributed by atoms with Crippen molar-refractivity contribution in [1.29, 1.82) is 0 Å². The maximum Gasteiger partial charge on any atom is 0.185 e. The van der Waals surface area contributed by atoms with Crippen molar-refractivity contribution in [2.45, 2.75) is 20.3 Å². The topological polar surface area (TPSA) is 33.2 Å². The fourth-order valence-corrected chi connectivity index (χ4v) is 2.53. The Balaban J connectivity index is 1.98. The highest BCUT2D eigenvalue weighted by molar-refractivity contribution is 7.13. The molecule has 1 aliphatic rings. The number of carbonyl (C=O) groups is 1. The van der Waals surface area contributed by atoms with E-state index in [1.54, 1.807) is 18.3 Å². The zero-order valence-corrected chi connectivity index (χ0v) is 10.2. The van der Waals surface area contributed by atoms with Gasteiger partial charge in [-0.2, -0.15) is 0 Å². The first-order chi connectivity index (χ1) is 7.08. The Morgan fingerprint density at radius 2 is 2.40 bits per heavy atom. The Morgan fingerprint density at radius 1 is 1.73 bits per heavy atom. The molecule has 1 aromatic heterocycles. The first-order valence-corrected chi connectivity index (χ1v) is 6.13. The lowest BCUT2D eigenvalue weighted by atomic mass is 10.3. The highest BCUT2D eigenvalue weighted by atomic mass is 32.1. The van der Waals surface area contributed by atoms with Crippen LogP contribution in [0.15, 0.2) is 5.38 Å². The number of aromatic nitrogens is 1. The highest BCUT2D eigenvalue weighted by Gasteiger charge is 2.33. The van der Waals surface area contributed by atoms with Gasteiger partial charge in [-0.1, -0.05) is 6.92 Å². The van der Waals surface area contributed by atoms with Crippen LogP contribution in [-0.4, -0.2) is 24.4 Å². The van der Waals surface area contributed by atoms with E-state index in [2.05, 4.69) is 16.8 Å². The molecule has 0 bridgehead atoms. The van der Waals surface area contributed by atoms with Gasteiger partial charge in [0.15, 0.2) is 10.9 Å². The Labute approximate surface area is 94.1 Å². The molecule has 0 radical (unpaired) electrons. The van der Waals surface area contributed by atoms with Crippen LogP contribution in [0.2, 0.25) is 0 Å². The van der Waals surface area contributed by atoms with E-state index < -0.39 is 0 Å². The average molecular weight is 224 g/mol. The van der Waals surface area contributed by atoms with Gasteiger partial charge in [-0.15, -0.1) is 11.3 Å². The largest absolute Gasteiger partial charge is 0.351 e. The summed E-state index contributed by atoms with van der Waals surface area (Å²) in [5.41, 5.74) is 0.589. The van der Waals surface area contributed by atoms with Crippen LogP contribution in [-0.2, 0) is 0 Å². The summed E-state index contributed by atoms with van der Waals surface area (Å²) in [5.74, 6) is 1.73. The summed E-state index contributed by atoms with van der Waals surface area (Å²) in [6.07, 6.45) is 1.33. The van der Waals surface area contributed by atoms with E-state index in [1.165, 1.54) is 6.42 Å². The third-order valence-electron chi connectivity index (χ3n) is 2.96. The molecule has 1 fully saturated rings. The van der Waals surface area contributed by atoms with Gasteiger partial charge in [-0.05, 0) is 18.3 Å². The number of nitrogens with zero attached hydrogens (tertiary/aromatic N) is 2. The van der Waals surface area contributed by atoms with E-state index in [0.29, 0.717) is 5.69 Å². The molecule has 3 nitrogen and oxygen atoms in total. The van der Waals surface area contributed by atoms with Crippen LogP contribution in [0.1, 0.15) is 30.8 Å². The molecule has 0 N–H and O–H groups in total. The number of Topliss-reactive ketones (excluding diaryl/α,β-unsaturated/α-hetero) is 1. The predicted molar refractivity (Wildman–Crippen MR) is 62.7 cm³/mol. The molecular weight excluding hydrogens is 208 g/mol. The lowest BCUT2D eigenvalue weighted by molar-refractivity contribution is 0.101. The van der Waals surface area contributed by atoms with Crippen LogP contribution in [0.5, 0.6) is 0 Å². The lowest BCUT2D eigenvalue weighted by Gasteiger charge is -2.14. The van der Waals surface area contributed by atoms with Crippen molar-refractivity contribution in [2.75, 3.05) is 18.5 Å². The molecule has 1 aromatic rings. The summed E-state index contributed by atoms with van der Waals surface area (Å²) in [6.45, 7) is 4.90. The summed E-state index contributed by atoms with van der Waals surface area (Å²) in [5, 5.41) is 2.80. The maximum atomic E-state index is 11.1. The smallest absolute Gasteiger partial charge is 0.185 e. The molecule has 1 heterocycles. The molecular formula is C11H16N2OS. The van der Waals surface area contributed by atoms with Crippen molar-refractivity contribution in [3.05, 3.63) is 11.1 Å². The second-order valence-corrected chi connectivity index (χ2v) is 5.26. The third kappa shape index (κ3) is 2.37. The Bertz CT molecular complexity index is 374. The second-order valence-electron chi connectivity index (χ2n) is 4.43. The number of anilines is 1. The Morgan fingerprint density at radius 3 is 2.87 bits per heavy atom. The SMILES string of the molecule is CC(=O)c1csc(N(C)CC2CC2C)n1.